The Hall–Kier alpha value is -0.900. The van der Waals surface area contributed by atoms with Crippen LogP contribution in [0.15, 0.2) is 0 Å². The average Bonchev–Trinajstić information content (AvgIpc) is 3.14. The van der Waals surface area contributed by atoms with Gasteiger partial charge in [-0.05, 0) is 43.4 Å². The van der Waals surface area contributed by atoms with Gasteiger partial charge in [0.1, 0.15) is 0 Å². The Morgan fingerprint density at radius 3 is 2.59 bits per heavy atom. The van der Waals surface area contributed by atoms with E-state index in [4.69, 9.17) is 9.47 Å². The van der Waals surface area contributed by atoms with Crippen LogP contribution in [0.25, 0.3) is 0 Å². The fourth-order valence-electron chi connectivity index (χ4n) is 3.61. The average molecular weight is 310 g/mol. The first-order chi connectivity index (χ1) is 10.2. The monoisotopic (exact) mass is 310 g/mol. The largest absolute Gasteiger partial charge is 0.393 e. The molecule has 2 fully saturated rings. The number of fused-ring (bicyclic) bond motifs is 1. The Balaban J connectivity index is 1.60. The molecule has 4 unspecified atom stereocenters. The van der Waals surface area contributed by atoms with Gasteiger partial charge in [-0.3, -0.25) is 9.59 Å². The lowest BCUT2D eigenvalue weighted by Gasteiger charge is -2.23. The molecule has 0 N–H and O–H groups in total. The molecule has 0 aromatic carbocycles. The van der Waals surface area contributed by atoms with Gasteiger partial charge in [-0.1, -0.05) is 34.1 Å². The van der Waals surface area contributed by atoms with Gasteiger partial charge in [0.2, 0.25) is 0 Å². The van der Waals surface area contributed by atoms with Gasteiger partial charge in [0.15, 0.2) is 0 Å². The van der Waals surface area contributed by atoms with Crippen molar-refractivity contribution in [1.29, 1.82) is 0 Å². The third-order valence-electron chi connectivity index (χ3n) is 4.59. The molecule has 2 aliphatic rings. The molecule has 4 nitrogen and oxygen atoms in total. The molecule has 0 aromatic rings. The van der Waals surface area contributed by atoms with Gasteiger partial charge in [0.05, 0.1) is 18.1 Å². The predicted molar refractivity (Wildman–Crippen MR) is 84.2 cm³/mol. The van der Waals surface area contributed by atoms with Crippen molar-refractivity contribution in [2.75, 3.05) is 0 Å². The Morgan fingerprint density at radius 2 is 1.95 bits per heavy atom. The summed E-state index contributed by atoms with van der Waals surface area (Å²) >= 11 is 0. The van der Waals surface area contributed by atoms with E-state index in [0.717, 1.165) is 38.5 Å². The summed E-state index contributed by atoms with van der Waals surface area (Å²) in [7, 11) is 0. The summed E-state index contributed by atoms with van der Waals surface area (Å²) in [5.74, 6) is -0.271. The van der Waals surface area contributed by atoms with E-state index in [2.05, 4.69) is 27.7 Å². The fourth-order valence-corrected chi connectivity index (χ4v) is 3.61. The number of hydrogen-bond donors (Lipinski definition) is 0. The van der Waals surface area contributed by atoms with Crippen LogP contribution in [0.1, 0.15) is 72.6 Å². The topological polar surface area (TPSA) is 55.9 Å². The molecule has 0 amide bonds. The lowest BCUT2D eigenvalue weighted by Crippen LogP contribution is -2.26. The molecule has 2 rings (SSSR count). The van der Waals surface area contributed by atoms with Gasteiger partial charge in [-0.2, -0.15) is 0 Å². The molecule has 4 atom stereocenters. The summed E-state index contributed by atoms with van der Waals surface area (Å²) in [6.45, 7) is 8.91. The molecular weight excluding hydrogens is 280 g/mol. The highest BCUT2D eigenvalue weighted by Gasteiger charge is 2.46. The molecule has 1 aliphatic heterocycles. The summed E-state index contributed by atoms with van der Waals surface area (Å²) in [5, 5.41) is 0. The van der Waals surface area contributed by atoms with E-state index in [-0.39, 0.29) is 24.0 Å². The van der Waals surface area contributed by atoms with Crippen LogP contribution >= 0.6 is 0 Å². The first-order valence-electron chi connectivity index (χ1n) is 8.64. The summed E-state index contributed by atoms with van der Waals surface area (Å²) in [5.41, 5.74) is 0.319. The maximum absolute atomic E-state index is 12.0. The number of rotatable bonds is 6. The van der Waals surface area contributed by atoms with Crippen LogP contribution in [0.5, 0.6) is 0 Å². The first-order valence-corrected chi connectivity index (χ1v) is 8.64. The van der Waals surface area contributed by atoms with Crippen LogP contribution in [-0.2, 0) is 19.1 Å². The molecule has 0 spiro atoms. The van der Waals surface area contributed by atoms with E-state index in [0.29, 0.717) is 23.9 Å². The second-order valence-electron chi connectivity index (χ2n) is 8.28. The van der Waals surface area contributed by atoms with Gasteiger partial charge >= 0.3 is 11.9 Å². The molecule has 1 heterocycles. The Kier molecular flexibility index (Phi) is 5.65. The summed E-state index contributed by atoms with van der Waals surface area (Å²) in [6, 6.07) is 0. The predicted octanol–water partition coefficient (Wildman–Crippen LogP) is 3.87. The van der Waals surface area contributed by atoms with Gasteiger partial charge < -0.3 is 9.47 Å². The number of ether oxygens (including phenoxy) is 2. The molecule has 0 aromatic heterocycles. The van der Waals surface area contributed by atoms with E-state index in [9.17, 15) is 9.59 Å². The fraction of sp³-hybridized carbons (Fsp3) is 0.889. The zero-order valence-electron chi connectivity index (χ0n) is 14.4. The molecule has 126 valence electrons. The van der Waals surface area contributed by atoms with E-state index in [1.807, 2.05) is 0 Å². The van der Waals surface area contributed by atoms with Crippen molar-refractivity contribution in [3.63, 3.8) is 0 Å². The smallest absolute Gasteiger partial charge is 0.316 e. The number of carbonyl (C=O) groups is 2. The van der Waals surface area contributed by atoms with E-state index in [1.165, 1.54) is 0 Å². The van der Waals surface area contributed by atoms with E-state index in [1.54, 1.807) is 0 Å². The quantitative estimate of drug-likeness (QED) is 0.424. The lowest BCUT2D eigenvalue weighted by molar-refractivity contribution is -0.163. The van der Waals surface area contributed by atoms with E-state index >= 15 is 0 Å². The van der Waals surface area contributed by atoms with Gasteiger partial charge in [-0.25, -0.2) is 0 Å². The van der Waals surface area contributed by atoms with Gasteiger partial charge in [0.25, 0.3) is 0 Å². The molecule has 1 saturated heterocycles. The minimum Gasteiger partial charge on any atom is -0.393 e. The van der Waals surface area contributed by atoms with E-state index < -0.39 is 0 Å². The van der Waals surface area contributed by atoms with Crippen LogP contribution in [0.2, 0.25) is 0 Å². The Bertz CT molecular complexity index is 410. The number of esters is 2. The van der Waals surface area contributed by atoms with Crippen LogP contribution in [-0.4, -0.2) is 24.1 Å². The van der Waals surface area contributed by atoms with Crippen molar-refractivity contribution in [3.05, 3.63) is 0 Å². The molecular formula is C18H30O4. The van der Waals surface area contributed by atoms with Gasteiger partial charge in [0, 0.05) is 6.42 Å². The Labute approximate surface area is 133 Å². The highest BCUT2D eigenvalue weighted by atomic mass is 16.6. The van der Waals surface area contributed by atoms with Crippen molar-refractivity contribution >= 4 is 11.9 Å². The summed E-state index contributed by atoms with van der Waals surface area (Å²) in [4.78, 5) is 23.7. The van der Waals surface area contributed by atoms with Crippen molar-refractivity contribution < 1.29 is 19.1 Å². The van der Waals surface area contributed by atoms with Crippen molar-refractivity contribution in [2.45, 2.75) is 84.8 Å². The summed E-state index contributed by atoms with van der Waals surface area (Å²) in [6.07, 6.45) is 6.31. The third kappa shape index (κ3) is 5.71. The Morgan fingerprint density at radius 1 is 1.23 bits per heavy atom. The zero-order valence-corrected chi connectivity index (χ0v) is 14.4. The van der Waals surface area contributed by atoms with Crippen molar-refractivity contribution in [1.82, 2.24) is 0 Å². The first kappa shape index (κ1) is 17.5. The highest BCUT2D eigenvalue weighted by Crippen LogP contribution is 2.39. The second-order valence-corrected chi connectivity index (χ2v) is 8.28. The second kappa shape index (κ2) is 7.12. The van der Waals surface area contributed by atoms with Crippen LogP contribution in [0.3, 0.4) is 0 Å². The van der Waals surface area contributed by atoms with Crippen molar-refractivity contribution in [2.24, 2.45) is 17.3 Å². The molecule has 1 saturated carbocycles. The molecule has 1 aliphatic carbocycles. The number of hydrogen-bond acceptors (Lipinski definition) is 4. The SMILES string of the molecule is CC(CCCC(=O)OC(=O)C1CCC2OC2C1)CC(C)(C)C. The van der Waals surface area contributed by atoms with Crippen LogP contribution in [0.4, 0.5) is 0 Å². The van der Waals surface area contributed by atoms with Crippen LogP contribution < -0.4 is 0 Å². The van der Waals surface area contributed by atoms with Gasteiger partial charge in [-0.15, -0.1) is 0 Å². The minimum absolute atomic E-state index is 0.146. The normalized spacial score (nSPS) is 28.6. The minimum atomic E-state index is -0.369. The molecule has 4 heteroatoms. The molecule has 0 bridgehead atoms. The van der Waals surface area contributed by atoms with Crippen LogP contribution in [0, 0.1) is 17.3 Å². The molecule has 22 heavy (non-hydrogen) atoms. The number of epoxide rings is 1. The molecule has 0 radical (unpaired) electrons. The maximum Gasteiger partial charge on any atom is 0.316 e. The maximum atomic E-state index is 12.0. The lowest BCUT2D eigenvalue weighted by atomic mass is 9.83. The highest BCUT2D eigenvalue weighted by molar-refractivity contribution is 5.86. The third-order valence-corrected chi connectivity index (χ3v) is 4.59. The zero-order chi connectivity index (χ0) is 16.3. The standard InChI is InChI=1S/C18H30O4/c1-12(11-18(2,3)4)6-5-7-16(19)22-17(20)13-8-9-14-15(10-13)21-14/h12-15H,5-11H2,1-4H3. The summed E-state index contributed by atoms with van der Waals surface area (Å²) < 4.78 is 10.4. The van der Waals surface area contributed by atoms with Crippen molar-refractivity contribution in [3.8, 4) is 0 Å². The number of carbonyl (C=O) groups excluding carboxylic acids is 2.